The Morgan fingerprint density at radius 3 is 3.12 bits per heavy atom. The average molecular weight is 456 g/mol. The molecule has 2 heterocycles. The fourth-order valence-electron chi connectivity index (χ4n) is 2.88. The van der Waals surface area contributed by atoms with Crippen molar-refractivity contribution in [3.8, 4) is 5.75 Å². The van der Waals surface area contributed by atoms with Crippen LogP contribution in [0.5, 0.6) is 5.75 Å². The van der Waals surface area contributed by atoms with E-state index in [-0.39, 0.29) is 24.0 Å². The van der Waals surface area contributed by atoms with Gasteiger partial charge < -0.3 is 15.7 Å². The Morgan fingerprint density at radius 1 is 1.44 bits per heavy atom. The number of benzene rings is 1. The Labute approximate surface area is 165 Å². The van der Waals surface area contributed by atoms with Gasteiger partial charge in [-0.05, 0) is 37.5 Å². The van der Waals surface area contributed by atoms with Crippen molar-refractivity contribution in [1.82, 2.24) is 25.4 Å². The van der Waals surface area contributed by atoms with Gasteiger partial charge in [0.2, 0.25) is 0 Å². The summed E-state index contributed by atoms with van der Waals surface area (Å²) in [6.07, 6.45) is 4.37. The molecule has 1 aromatic carbocycles. The molecule has 0 bridgehead atoms. The molecular weight excluding hydrogens is 431 g/mol. The highest BCUT2D eigenvalue weighted by Gasteiger charge is 2.20. The maximum atomic E-state index is 9.51. The van der Waals surface area contributed by atoms with Crippen LogP contribution >= 0.6 is 24.0 Å². The van der Waals surface area contributed by atoms with Crippen LogP contribution in [0.4, 0.5) is 0 Å². The lowest BCUT2D eigenvalue weighted by atomic mass is 10.1. The third-order valence-corrected chi connectivity index (χ3v) is 4.07. The molecule has 0 spiro atoms. The highest BCUT2D eigenvalue weighted by Crippen LogP contribution is 2.12. The number of guanidine groups is 1. The highest BCUT2D eigenvalue weighted by atomic mass is 127. The molecule has 2 aromatic rings. The minimum atomic E-state index is 0. The highest BCUT2D eigenvalue weighted by molar-refractivity contribution is 14.0. The van der Waals surface area contributed by atoms with Gasteiger partial charge in [0.05, 0.1) is 6.54 Å². The minimum absolute atomic E-state index is 0. The molecule has 25 heavy (non-hydrogen) atoms. The first-order valence-corrected chi connectivity index (χ1v) is 8.44. The number of aromatic hydroxyl groups is 1. The van der Waals surface area contributed by atoms with E-state index in [1.807, 2.05) is 16.8 Å². The van der Waals surface area contributed by atoms with Gasteiger partial charge in [0.1, 0.15) is 17.9 Å². The molecule has 3 N–H and O–H groups in total. The molecule has 0 saturated heterocycles. The largest absolute Gasteiger partial charge is 0.508 e. The molecule has 1 atom stereocenters. The van der Waals surface area contributed by atoms with Crippen molar-refractivity contribution < 1.29 is 5.11 Å². The van der Waals surface area contributed by atoms with Crippen LogP contribution in [-0.4, -0.2) is 45.0 Å². The van der Waals surface area contributed by atoms with Gasteiger partial charge in [-0.2, -0.15) is 5.10 Å². The number of rotatable bonds is 5. The summed E-state index contributed by atoms with van der Waals surface area (Å²) in [6.45, 7) is 4.36. The van der Waals surface area contributed by atoms with Crippen LogP contribution in [-0.2, 0) is 19.4 Å². The average Bonchev–Trinajstić information content (AvgIpc) is 3.03. The Hall–Kier alpha value is -1.84. The molecule has 0 radical (unpaired) electrons. The first-order valence-electron chi connectivity index (χ1n) is 8.44. The topological polar surface area (TPSA) is 87.4 Å². The summed E-state index contributed by atoms with van der Waals surface area (Å²) in [4.78, 5) is 8.90. The summed E-state index contributed by atoms with van der Waals surface area (Å²) in [5.41, 5.74) is 1.08. The summed E-state index contributed by atoms with van der Waals surface area (Å²) in [5, 5.41) is 20.5. The molecule has 1 aromatic heterocycles. The van der Waals surface area contributed by atoms with E-state index in [0.29, 0.717) is 18.3 Å². The third kappa shape index (κ3) is 5.58. The number of aryl methyl sites for hydroxylation is 1. The van der Waals surface area contributed by atoms with Gasteiger partial charge in [0.15, 0.2) is 5.96 Å². The molecule has 0 fully saturated rings. The van der Waals surface area contributed by atoms with E-state index in [0.717, 1.165) is 49.7 Å². The van der Waals surface area contributed by atoms with Crippen molar-refractivity contribution in [3.05, 3.63) is 42.0 Å². The fraction of sp³-hybridized carbons (Fsp3) is 0.471. The van der Waals surface area contributed by atoms with Crippen LogP contribution in [0.1, 0.15) is 24.7 Å². The van der Waals surface area contributed by atoms with E-state index in [1.54, 1.807) is 18.5 Å². The van der Waals surface area contributed by atoms with Crippen molar-refractivity contribution in [1.29, 1.82) is 0 Å². The maximum Gasteiger partial charge on any atom is 0.191 e. The number of nitrogens with one attached hydrogen (secondary N) is 2. The maximum absolute atomic E-state index is 9.51. The molecule has 0 aliphatic carbocycles. The van der Waals surface area contributed by atoms with E-state index in [2.05, 4.69) is 32.6 Å². The van der Waals surface area contributed by atoms with Crippen LogP contribution in [0, 0.1) is 0 Å². The van der Waals surface area contributed by atoms with Crippen LogP contribution in [0.2, 0.25) is 0 Å². The number of aliphatic imine (C=N–C) groups is 1. The van der Waals surface area contributed by atoms with E-state index in [9.17, 15) is 5.11 Å². The second kappa shape index (κ2) is 9.59. The lowest BCUT2D eigenvalue weighted by Gasteiger charge is -2.25. The summed E-state index contributed by atoms with van der Waals surface area (Å²) in [6, 6.07) is 7.62. The molecule has 0 amide bonds. The van der Waals surface area contributed by atoms with Crippen molar-refractivity contribution in [2.24, 2.45) is 4.99 Å². The number of aromatic nitrogens is 3. The molecule has 1 aliphatic heterocycles. The third-order valence-electron chi connectivity index (χ3n) is 4.07. The van der Waals surface area contributed by atoms with Crippen molar-refractivity contribution in [2.75, 3.05) is 13.1 Å². The monoisotopic (exact) mass is 456 g/mol. The zero-order valence-corrected chi connectivity index (χ0v) is 16.7. The zero-order valence-electron chi connectivity index (χ0n) is 14.4. The number of nitrogens with zero attached hydrogens (tertiary/aromatic N) is 4. The van der Waals surface area contributed by atoms with E-state index >= 15 is 0 Å². The number of phenols is 1. The summed E-state index contributed by atoms with van der Waals surface area (Å²) < 4.78 is 1.96. The Morgan fingerprint density at radius 2 is 2.32 bits per heavy atom. The van der Waals surface area contributed by atoms with E-state index in [1.165, 1.54) is 0 Å². The normalized spacial score (nSPS) is 16.7. The summed E-state index contributed by atoms with van der Waals surface area (Å²) in [5.74, 6) is 2.18. The SMILES string of the molecule is CCNC(=NCCc1cccc(O)c1)NC1CCc2ncnn2C1.I. The molecule has 8 heteroatoms. The lowest BCUT2D eigenvalue weighted by molar-refractivity contribution is 0.393. The van der Waals surface area contributed by atoms with Gasteiger partial charge >= 0.3 is 0 Å². The van der Waals surface area contributed by atoms with Gasteiger partial charge in [0.25, 0.3) is 0 Å². The Kier molecular flexibility index (Phi) is 7.48. The second-order valence-corrected chi connectivity index (χ2v) is 5.92. The minimum Gasteiger partial charge on any atom is -0.508 e. The Balaban J connectivity index is 0.00000225. The number of hydrogen-bond donors (Lipinski definition) is 3. The predicted octanol–water partition coefficient (Wildman–Crippen LogP) is 1.71. The lowest BCUT2D eigenvalue weighted by Crippen LogP contribution is -2.47. The zero-order chi connectivity index (χ0) is 16.8. The molecule has 3 rings (SSSR count). The van der Waals surface area contributed by atoms with Gasteiger partial charge in [0, 0.05) is 25.6 Å². The van der Waals surface area contributed by atoms with Gasteiger partial charge in [-0.3, -0.25) is 4.99 Å². The molecule has 7 nitrogen and oxygen atoms in total. The smallest absolute Gasteiger partial charge is 0.191 e. The number of phenolic OH excluding ortho intramolecular Hbond substituents is 1. The predicted molar refractivity (Wildman–Crippen MR) is 108 cm³/mol. The van der Waals surface area contributed by atoms with Crippen molar-refractivity contribution in [3.63, 3.8) is 0 Å². The standard InChI is InChI=1S/C17H24N6O.HI/c1-2-18-17(19-9-8-13-4-3-5-15(24)10-13)22-14-6-7-16-20-12-21-23(16)11-14;/h3-5,10,12,14,24H,2,6-9,11H2,1H3,(H2,18,19,22);1H. The van der Waals surface area contributed by atoms with Gasteiger partial charge in [-0.25, -0.2) is 9.67 Å². The molecular formula is C17H25IN6O. The van der Waals surface area contributed by atoms with Crippen LogP contribution < -0.4 is 10.6 Å². The molecule has 1 aliphatic rings. The number of halogens is 1. The van der Waals surface area contributed by atoms with Crippen LogP contribution in [0.3, 0.4) is 0 Å². The number of fused-ring (bicyclic) bond motifs is 1. The molecule has 136 valence electrons. The molecule has 0 saturated carbocycles. The second-order valence-electron chi connectivity index (χ2n) is 5.92. The summed E-state index contributed by atoms with van der Waals surface area (Å²) in [7, 11) is 0. The van der Waals surface area contributed by atoms with Gasteiger partial charge in [-0.1, -0.05) is 12.1 Å². The number of hydrogen-bond acceptors (Lipinski definition) is 4. The summed E-state index contributed by atoms with van der Waals surface area (Å²) >= 11 is 0. The van der Waals surface area contributed by atoms with E-state index in [4.69, 9.17) is 0 Å². The quantitative estimate of drug-likeness (QED) is 0.363. The van der Waals surface area contributed by atoms with Crippen molar-refractivity contribution in [2.45, 2.75) is 38.8 Å². The first kappa shape index (κ1) is 19.5. The van der Waals surface area contributed by atoms with E-state index < -0.39 is 0 Å². The Bertz CT molecular complexity index is 702. The van der Waals surface area contributed by atoms with Crippen LogP contribution in [0.25, 0.3) is 0 Å². The van der Waals surface area contributed by atoms with Crippen LogP contribution in [0.15, 0.2) is 35.6 Å². The fourth-order valence-corrected chi connectivity index (χ4v) is 2.88. The van der Waals surface area contributed by atoms with Gasteiger partial charge in [-0.15, -0.1) is 24.0 Å². The van der Waals surface area contributed by atoms with Crippen molar-refractivity contribution >= 4 is 29.9 Å². The first-order chi connectivity index (χ1) is 11.7. The molecule has 1 unspecified atom stereocenters.